The van der Waals surface area contributed by atoms with E-state index in [2.05, 4.69) is 0 Å². The molecule has 37 heavy (non-hydrogen) atoms. The molecule has 8 heteroatoms. The molecule has 0 bridgehead atoms. The maximum atomic E-state index is 13.4. The summed E-state index contributed by atoms with van der Waals surface area (Å²) in [6.07, 6.45) is 1.96. The van der Waals surface area contributed by atoms with Gasteiger partial charge >= 0.3 is 5.97 Å². The Labute approximate surface area is 219 Å². The van der Waals surface area contributed by atoms with Crippen LogP contribution in [0.3, 0.4) is 0 Å². The molecule has 0 spiro atoms. The first-order chi connectivity index (χ1) is 17.0. The van der Waals surface area contributed by atoms with Crippen molar-refractivity contribution in [3.63, 3.8) is 0 Å². The van der Waals surface area contributed by atoms with Crippen LogP contribution in [0.1, 0.15) is 86.0 Å². The number of fused-ring (bicyclic) bond motifs is 5. The molecule has 0 aromatic rings. The number of ketones is 1. The average Bonchev–Trinajstić information content (AvgIpc) is 3.11. The number of carbonyl (C=O) groups is 2. The first-order valence-electron chi connectivity index (χ1n) is 14.0. The van der Waals surface area contributed by atoms with E-state index in [-0.39, 0.29) is 24.5 Å². The molecule has 0 unspecified atom stereocenters. The van der Waals surface area contributed by atoms with Gasteiger partial charge in [0.1, 0.15) is 11.7 Å². The van der Waals surface area contributed by atoms with Crippen molar-refractivity contribution in [3.8, 4) is 0 Å². The summed E-state index contributed by atoms with van der Waals surface area (Å²) in [5.41, 5.74) is -4.76. The van der Waals surface area contributed by atoms with Gasteiger partial charge in [-0.25, -0.2) is 0 Å². The number of hydrogen-bond donors (Lipinski definition) is 5. The third-order valence-corrected chi connectivity index (χ3v) is 12.0. The molecule has 4 aliphatic carbocycles. The molecule has 8 nitrogen and oxygen atoms in total. The smallest absolute Gasteiger partial charge is 0.311 e. The fraction of sp³-hybridized carbons (Fsp3) is 0.862. The lowest BCUT2D eigenvalue weighted by Gasteiger charge is -2.61. The molecule has 5 N–H and O–H groups in total. The maximum Gasteiger partial charge on any atom is 0.311 e. The van der Waals surface area contributed by atoms with E-state index in [1.807, 2.05) is 20.8 Å². The third kappa shape index (κ3) is 3.51. The molecule has 12 atom stereocenters. The van der Waals surface area contributed by atoms with Crippen molar-refractivity contribution in [1.29, 1.82) is 0 Å². The minimum absolute atomic E-state index is 0.113. The highest BCUT2D eigenvalue weighted by atomic mass is 16.6. The number of hydrogen-bond acceptors (Lipinski definition) is 8. The Bertz CT molecular complexity index is 1020. The Morgan fingerprint density at radius 1 is 1.05 bits per heavy atom. The summed E-state index contributed by atoms with van der Waals surface area (Å²) in [7, 11) is 0. The van der Waals surface area contributed by atoms with Crippen molar-refractivity contribution in [3.05, 3.63) is 11.6 Å². The summed E-state index contributed by atoms with van der Waals surface area (Å²) >= 11 is 0. The monoisotopic (exact) mass is 520 g/mol. The van der Waals surface area contributed by atoms with E-state index in [1.165, 1.54) is 0 Å². The maximum absolute atomic E-state index is 13.4. The predicted octanol–water partition coefficient (Wildman–Crippen LogP) is 2.03. The highest BCUT2D eigenvalue weighted by molar-refractivity contribution is 5.95. The summed E-state index contributed by atoms with van der Waals surface area (Å²) in [6, 6.07) is 0. The molecule has 4 fully saturated rings. The molecule has 208 valence electrons. The van der Waals surface area contributed by atoms with Crippen molar-refractivity contribution in [2.45, 2.75) is 121 Å². The van der Waals surface area contributed by atoms with Gasteiger partial charge in [0.05, 0.1) is 29.3 Å². The van der Waals surface area contributed by atoms with Crippen molar-refractivity contribution in [1.82, 2.24) is 0 Å². The van der Waals surface area contributed by atoms with E-state index >= 15 is 0 Å². The SMILES string of the molecule is CC[C@@]1(O)C[C@H]([C@](C)(O)[C@H]2CC[C@@]3(O)C4=CC(=O)[C@H]5C[C@@H](O)[C@@H](O)C[C@]5(C)[C@H]4CC[C@]23C)OC(=O)[C@@H]1C. The quantitative estimate of drug-likeness (QED) is 0.356. The van der Waals surface area contributed by atoms with Crippen LogP contribution in [0.15, 0.2) is 11.6 Å². The minimum Gasteiger partial charge on any atom is -0.459 e. The number of aliphatic hydroxyl groups is 5. The van der Waals surface area contributed by atoms with Gasteiger partial charge in [0, 0.05) is 17.8 Å². The highest BCUT2D eigenvalue weighted by Crippen LogP contribution is 2.69. The van der Waals surface area contributed by atoms with Gasteiger partial charge in [0.25, 0.3) is 0 Å². The zero-order valence-electron chi connectivity index (χ0n) is 22.7. The van der Waals surface area contributed by atoms with Crippen molar-refractivity contribution in [2.24, 2.45) is 34.5 Å². The van der Waals surface area contributed by atoms with E-state index in [0.717, 1.165) is 0 Å². The van der Waals surface area contributed by atoms with Gasteiger partial charge in [0.15, 0.2) is 5.78 Å². The van der Waals surface area contributed by atoms with Crippen molar-refractivity contribution < 1.29 is 39.9 Å². The molecular formula is C29H44O8. The van der Waals surface area contributed by atoms with Crippen LogP contribution in [-0.4, -0.2) is 72.4 Å². The summed E-state index contributed by atoms with van der Waals surface area (Å²) in [5.74, 6) is -2.27. The molecule has 5 rings (SSSR count). The normalized spacial score (nSPS) is 53.4. The van der Waals surface area contributed by atoms with E-state index in [4.69, 9.17) is 4.74 Å². The molecule has 5 aliphatic rings. The predicted molar refractivity (Wildman–Crippen MR) is 134 cm³/mol. The van der Waals surface area contributed by atoms with Gasteiger partial charge in [-0.3, -0.25) is 9.59 Å². The van der Waals surface area contributed by atoms with Crippen molar-refractivity contribution >= 4 is 11.8 Å². The van der Waals surface area contributed by atoms with Crippen LogP contribution in [0.2, 0.25) is 0 Å². The van der Waals surface area contributed by atoms with Gasteiger partial charge in [-0.15, -0.1) is 0 Å². The number of allylic oxidation sites excluding steroid dienone is 1. The van der Waals surface area contributed by atoms with Gasteiger partial charge < -0.3 is 30.3 Å². The number of aliphatic hydroxyl groups excluding tert-OH is 2. The second-order valence-corrected chi connectivity index (χ2v) is 13.6. The molecule has 0 amide bonds. The molecule has 0 aromatic heterocycles. The number of cyclic esters (lactones) is 1. The number of esters is 1. The van der Waals surface area contributed by atoms with Gasteiger partial charge in [-0.1, -0.05) is 20.8 Å². The minimum atomic E-state index is -1.50. The van der Waals surface area contributed by atoms with Crippen LogP contribution in [0.4, 0.5) is 0 Å². The Morgan fingerprint density at radius 3 is 2.38 bits per heavy atom. The van der Waals surface area contributed by atoms with Crippen LogP contribution >= 0.6 is 0 Å². The number of rotatable bonds is 3. The standard InChI is InChI=1S/C29H44O8/c1-6-28(35)14-23(37-24(33)15(28)2)27(5,34)22-8-10-29(36)17-11-19(30)18-12-20(31)21(32)13-25(18,3)16(17)7-9-26(22,29)4/h11,15-16,18,20-23,31-32,34-36H,6-10,12-14H2,1-5H3/t15-,16-,18+,20+,21-,22-,23+,25+,26+,27+,28+,29+/m0/s1. The van der Waals surface area contributed by atoms with Crippen molar-refractivity contribution in [2.75, 3.05) is 0 Å². The van der Waals surface area contributed by atoms with Gasteiger partial charge in [-0.05, 0) is 87.7 Å². The lowest BCUT2D eigenvalue weighted by molar-refractivity contribution is -0.225. The van der Waals surface area contributed by atoms with E-state index in [9.17, 15) is 35.1 Å². The summed E-state index contributed by atoms with van der Waals surface area (Å²) in [6.45, 7) is 9.09. The lowest BCUT2D eigenvalue weighted by atomic mass is 9.45. The largest absolute Gasteiger partial charge is 0.459 e. The number of carbonyl (C=O) groups excluding carboxylic acids is 2. The molecule has 0 radical (unpaired) electrons. The Kier molecular flexibility index (Phi) is 6.14. The lowest BCUT2D eigenvalue weighted by Crippen LogP contribution is -2.64. The Balaban J connectivity index is 1.50. The molecule has 0 aromatic carbocycles. The second kappa shape index (κ2) is 8.34. The Morgan fingerprint density at radius 2 is 1.73 bits per heavy atom. The fourth-order valence-electron chi connectivity index (χ4n) is 9.31. The van der Waals surface area contributed by atoms with E-state index < -0.39 is 69.7 Å². The summed E-state index contributed by atoms with van der Waals surface area (Å²) < 4.78 is 5.71. The van der Waals surface area contributed by atoms with E-state index in [0.29, 0.717) is 44.1 Å². The van der Waals surface area contributed by atoms with Crippen LogP contribution in [-0.2, 0) is 14.3 Å². The topological polar surface area (TPSA) is 145 Å². The zero-order valence-corrected chi connectivity index (χ0v) is 22.7. The molecule has 1 saturated heterocycles. The average molecular weight is 521 g/mol. The van der Waals surface area contributed by atoms with Crippen LogP contribution in [0.25, 0.3) is 0 Å². The highest BCUT2D eigenvalue weighted by Gasteiger charge is 2.70. The van der Waals surface area contributed by atoms with Gasteiger partial charge in [-0.2, -0.15) is 0 Å². The molecule has 1 aliphatic heterocycles. The van der Waals surface area contributed by atoms with Crippen LogP contribution in [0.5, 0.6) is 0 Å². The first kappa shape index (κ1) is 27.3. The Hall–Kier alpha value is -1.32. The van der Waals surface area contributed by atoms with Crippen LogP contribution < -0.4 is 0 Å². The summed E-state index contributed by atoms with van der Waals surface area (Å²) in [4.78, 5) is 26.0. The fourth-order valence-corrected chi connectivity index (χ4v) is 9.31. The van der Waals surface area contributed by atoms with E-state index in [1.54, 1.807) is 19.9 Å². The summed E-state index contributed by atoms with van der Waals surface area (Å²) in [5, 5.41) is 56.3. The first-order valence-corrected chi connectivity index (χ1v) is 14.0. The molecule has 3 saturated carbocycles. The molecular weight excluding hydrogens is 476 g/mol. The molecule has 1 heterocycles. The zero-order chi connectivity index (χ0) is 27.3. The third-order valence-electron chi connectivity index (χ3n) is 12.0. The van der Waals surface area contributed by atoms with Crippen LogP contribution in [0, 0.1) is 34.5 Å². The second-order valence-electron chi connectivity index (χ2n) is 13.6. The van der Waals surface area contributed by atoms with Gasteiger partial charge in [0.2, 0.25) is 0 Å². The number of ether oxygens (including phenoxy) is 1.